The van der Waals surface area contributed by atoms with E-state index in [4.69, 9.17) is 5.11 Å². The van der Waals surface area contributed by atoms with Gasteiger partial charge in [-0.2, -0.15) is 0 Å². The number of carboxylic acids is 1. The number of fused-ring (bicyclic) bond motifs is 1. The standard InChI is InChI=1S/C17H20FNO3/c18-11-7-5-10(6-8-11)14(9-15(20)21)19-17(22)16-12-3-1-2-4-13(12)16/h5-8,12-14,16H,1-4,9H2,(H,19,22)(H,20,21). The van der Waals surface area contributed by atoms with E-state index in [0.29, 0.717) is 17.4 Å². The number of hydrogen-bond acceptors (Lipinski definition) is 2. The lowest BCUT2D eigenvalue weighted by molar-refractivity contribution is -0.137. The van der Waals surface area contributed by atoms with Gasteiger partial charge in [0, 0.05) is 5.92 Å². The lowest BCUT2D eigenvalue weighted by atomic mass is 10.0. The molecule has 2 aliphatic carbocycles. The quantitative estimate of drug-likeness (QED) is 0.879. The summed E-state index contributed by atoms with van der Waals surface area (Å²) in [4.78, 5) is 23.5. The van der Waals surface area contributed by atoms with Gasteiger partial charge in [0.25, 0.3) is 0 Å². The first-order valence-corrected chi connectivity index (χ1v) is 7.84. The molecule has 0 bridgehead atoms. The van der Waals surface area contributed by atoms with Crippen LogP contribution in [0.3, 0.4) is 0 Å². The molecule has 1 aromatic rings. The molecule has 3 atom stereocenters. The molecule has 0 radical (unpaired) electrons. The smallest absolute Gasteiger partial charge is 0.305 e. The molecular weight excluding hydrogens is 285 g/mol. The van der Waals surface area contributed by atoms with E-state index in [2.05, 4.69) is 5.32 Å². The van der Waals surface area contributed by atoms with E-state index in [-0.39, 0.29) is 24.1 Å². The van der Waals surface area contributed by atoms with Crippen LogP contribution < -0.4 is 5.32 Å². The highest BCUT2D eigenvalue weighted by Crippen LogP contribution is 2.55. The molecule has 0 spiro atoms. The Bertz CT molecular complexity index is 560. The highest BCUT2D eigenvalue weighted by molar-refractivity contribution is 5.83. The first-order valence-electron chi connectivity index (χ1n) is 7.84. The molecule has 2 saturated carbocycles. The summed E-state index contributed by atoms with van der Waals surface area (Å²) in [6, 6.07) is 5.03. The summed E-state index contributed by atoms with van der Waals surface area (Å²) in [5, 5.41) is 11.9. The molecule has 3 rings (SSSR count). The molecule has 1 aromatic carbocycles. The van der Waals surface area contributed by atoms with Crippen LogP contribution in [-0.4, -0.2) is 17.0 Å². The molecule has 0 saturated heterocycles. The van der Waals surface area contributed by atoms with Crippen molar-refractivity contribution in [1.82, 2.24) is 5.32 Å². The van der Waals surface area contributed by atoms with Crippen molar-refractivity contribution in [2.24, 2.45) is 17.8 Å². The summed E-state index contributed by atoms with van der Waals surface area (Å²) < 4.78 is 13.0. The fourth-order valence-corrected chi connectivity index (χ4v) is 3.77. The van der Waals surface area contributed by atoms with Crippen LogP contribution in [0.15, 0.2) is 24.3 Å². The van der Waals surface area contributed by atoms with Crippen LogP contribution in [-0.2, 0) is 9.59 Å². The Hall–Kier alpha value is -1.91. The molecule has 0 aliphatic heterocycles. The van der Waals surface area contributed by atoms with E-state index < -0.39 is 12.0 Å². The van der Waals surface area contributed by atoms with E-state index in [9.17, 15) is 14.0 Å². The molecule has 2 N–H and O–H groups in total. The zero-order valence-corrected chi connectivity index (χ0v) is 12.3. The van der Waals surface area contributed by atoms with Crippen molar-refractivity contribution in [3.8, 4) is 0 Å². The molecule has 3 unspecified atom stereocenters. The molecule has 2 fully saturated rings. The summed E-state index contributed by atoms with van der Waals surface area (Å²) in [6.45, 7) is 0. The summed E-state index contributed by atoms with van der Waals surface area (Å²) in [5.41, 5.74) is 0.626. The van der Waals surface area contributed by atoms with E-state index in [1.54, 1.807) is 0 Å². The molecular formula is C17H20FNO3. The lowest BCUT2D eigenvalue weighted by Crippen LogP contribution is -2.32. The first kappa shape index (κ1) is 15.0. The number of benzene rings is 1. The second-order valence-corrected chi connectivity index (χ2v) is 6.35. The van der Waals surface area contributed by atoms with Gasteiger partial charge in [-0.3, -0.25) is 9.59 Å². The molecule has 4 nitrogen and oxygen atoms in total. The number of carboxylic acid groups (broad SMARTS) is 1. The Balaban J connectivity index is 1.68. The van der Waals surface area contributed by atoms with Crippen molar-refractivity contribution in [1.29, 1.82) is 0 Å². The van der Waals surface area contributed by atoms with Gasteiger partial charge in [0.2, 0.25) is 5.91 Å². The minimum absolute atomic E-state index is 0.0410. The van der Waals surface area contributed by atoms with Crippen LogP contribution in [0.4, 0.5) is 4.39 Å². The lowest BCUT2D eigenvalue weighted by Gasteiger charge is -2.17. The predicted octanol–water partition coefficient (Wildman–Crippen LogP) is 2.89. The van der Waals surface area contributed by atoms with Crippen molar-refractivity contribution in [3.63, 3.8) is 0 Å². The Labute approximate surface area is 128 Å². The molecule has 5 heteroatoms. The maximum absolute atomic E-state index is 13.0. The van der Waals surface area contributed by atoms with Crippen LogP contribution in [0.25, 0.3) is 0 Å². The van der Waals surface area contributed by atoms with Crippen molar-refractivity contribution >= 4 is 11.9 Å². The van der Waals surface area contributed by atoms with Gasteiger partial charge in [0.15, 0.2) is 0 Å². The van der Waals surface area contributed by atoms with Gasteiger partial charge in [0.1, 0.15) is 5.82 Å². The monoisotopic (exact) mass is 305 g/mol. The fourth-order valence-electron chi connectivity index (χ4n) is 3.77. The average Bonchev–Trinajstić information content (AvgIpc) is 3.21. The number of rotatable bonds is 5. The van der Waals surface area contributed by atoms with Gasteiger partial charge in [-0.1, -0.05) is 25.0 Å². The summed E-state index contributed by atoms with van der Waals surface area (Å²) in [5.74, 6) is -0.410. The first-order chi connectivity index (χ1) is 10.6. The zero-order valence-electron chi connectivity index (χ0n) is 12.3. The average molecular weight is 305 g/mol. The van der Waals surface area contributed by atoms with Crippen LogP contribution in [0.2, 0.25) is 0 Å². The van der Waals surface area contributed by atoms with E-state index >= 15 is 0 Å². The van der Waals surface area contributed by atoms with Gasteiger partial charge in [0.05, 0.1) is 12.5 Å². The Kier molecular flexibility index (Phi) is 4.14. The van der Waals surface area contributed by atoms with Crippen molar-refractivity contribution in [2.75, 3.05) is 0 Å². The van der Waals surface area contributed by atoms with Gasteiger partial charge in [-0.15, -0.1) is 0 Å². The third-order valence-corrected chi connectivity index (χ3v) is 4.93. The number of carbonyl (C=O) groups is 2. The minimum atomic E-state index is -0.983. The number of amides is 1. The third kappa shape index (κ3) is 3.13. The van der Waals surface area contributed by atoms with Crippen LogP contribution >= 0.6 is 0 Å². The molecule has 22 heavy (non-hydrogen) atoms. The molecule has 1 amide bonds. The Morgan fingerprint density at radius 2 is 1.77 bits per heavy atom. The minimum Gasteiger partial charge on any atom is -0.481 e. The Morgan fingerprint density at radius 1 is 1.18 bits per heavy atom. The maximum Gasteiger partial charge on any atom is 0.305 e. The molecule has 2 aliphatic rings. The number of aliphatic carboxylic acids is 1. The number of carbonyl (C=O) groups excluding carboxylic acids is 1. The molecule has 118 valence electrons. The van der Waals surface area contributed by atoms with Gasteiger partial charge < -0.3 is 10.4 Å². The maximum atomic E-state index is 13.0. The number of hydrogen-bond donors (Lipinski definition) is 2. The molecule has 0 heterocycles. The molecule has 0 aromatic heterocycles. The Morgan fingerprint density at radius 3 is 2.32 bits per heavy atom. The van der Waals surface area contributed by atoms with Gasteiger partial charge in [-0.25, -0.2) is 4.39 Å². The topological polar surface area (TPSA) is 66.4 Å². The number of nitrogens with one attached hydrogen (secondary N) is 1. The van der Waals surface area contributed by atoms with Crippen molar-refractivity contribution < 1.29 is 19.1 Å². The second kappa shape index (κ2) is 6.07. The van der Waals surface area contributed by atoms with E-state index in [0.717, 1.165) is 12.8 Å². The zero-order chi connectivity index (χ0) is 15.7. The van der Waals surface area contributed by atoms with E-state index in [1.807, 2.05) is 0 Å². The third-order valence-electron chi connectivity index (χ3n) is 4.93. The summed E-state index contributed by atoms with van der Waals surface area (Å²) in [6.07, 6.45) is 4.37. The SMILES string of the molecule is O=C(O)CC(NC(=O)C1C2CCCCC21)c1ccc(F)cc1. The largest absolute Gasteiger partial charge is 0.481 e. The summed E-state index contributed by atoms with van der Waals surface area (Å²) >= 11 is 0. The van der Waals surface area contributed by atoms with Gasteiger partial charge >= 0.3 is 5.97 Å². The van der Waals surface area contributed by atoms with Gasteiger partial charge in [-0.05, 0) is 42.4 Å². The van der Waals surface area contributed by atoms with Crippen LogP contribution in [0, 0.1) is 23.6 Å². The highest BCUT2D eigenvalue weighted by atomic mass is 19.1. The second-order valence-electron chi connectivity index (χ2n) is 6.35. The number of halogens is 1. The normalized spacial score (nSPS) is 27.6. The summed E-state index contributed by atoms with van der Waals surface area (Å²) in [7, 11) is 0. The van der Waals surface area contributed by atoms with Crippen molar-refractivity contribution in [3.05, 3.63) is 35.6 Å². The van der Waals surface area contributed by atoms with E-state index in [1.165, 1.54) is 37.1 Å². The van der Waals surface area contributed by atoms with Crippen molar-refractivity contribution in [2.45, 2.75) is 38.1 Å². The highest BCUT2D eigenvalue weighted by Gasteiger charge is 2.54. The predicted molar refractivity (Wildman–Crippen MR) is 78.5 cm³/mol. The van der Waals surface area contributed by atoms with Crippen LogP contribution in [0.5, 0.6) is 0 Å². The van der Waals surface area contributed by atoms with Crippen LogP contribution in [0.1, 0.15) is 43.7 Å². The fraction of sp³-hybridized carbons (Fsp3) is 0.529.